The Balaban J connectivity index is 2.28. The third kappa shape index (κ3) is 3.68. The van der Waals surface area contributed by atoms with Crippen molar-refractivity contribution in [1.29, 1.82) is 0 Å². The van der Waals surface area contributed by atoms with Crippen molar-refractivity contribution in [3.05, 3.63) is 47.0 Å². The van der Waals surface area contributed by atoms with Gasteiger partial charge in [0, 0.05) is 25.7 Å². The van der Waals surface area contributed by atoms with Crippen LogP contribution in [0.5, 0.6) is 0 Å². The van der Waals surface area contributed by atoms with E-state index < -0.39 is 0 Å². The molecule has 0 radical (unpaired) electrons. The Morgan fingerprint density at radius 2 is 2.00 bits per heavy atom. The number of aromatic nitrogens is 2. The van der Waals surface area contributed by atoms with E-state index in [4.69, 9.17) is 0 Å². The summed E-state index contributed by atoms with van der Waals surface area (Å²) in [4.78, 5) is 10.9. The summed E-state index contributed by atoms with van der Waals surface area (Å²) in [5.41, 5.74) is 1.92. The highest BCUT2D eigenvalue weighted by atomic mass is 19.1. The molecule has 0 amide bonds. The summed E-state index contributed by atoms with van der Waals surface area (Å²) in [6.45, 7) is 7.31. The Kier molecular flexibility index (Phi) is 4.73. The third-order valence-electron chi connectivity index (χ3n) is 3.25. The summed E-state index contributed by atoms with van der Waals surface area (Å²) in [7, 11) is 1.95. The summed E-state index contributed by atoms with van der Waals surface area (Å²) in [5.74, 6) is 2.22. The van der Waals surface area contributed by atoms with E-state index in [-0.39, 0.29) is 5.82 Å². The maximum atomic E-state index is 13.3. The molecule has 5 heteroatoms. The van der Waals surface area contributed by atoms with Crippen LogP contribution in [0.15, 0.2) is 24.3 Å². The second kappa shape index (κ2) is 6.52. The van der Waals surface area contributed by atoms with Crippen molar-refractivity contribution < 1.29 is 4.39 Å². The molecule has 1 heterocycles. The summed E-state index contributed by atoms with van der Waals surface area (Å²) in [5, 5.41) is 3.25. The van der Waals surface area contributed by atoms with Gasteiger partial charge >= 0.3 is 0 Å². The normalized spacial score (nSPS) is 10.5. The monoisotopic (exact) mass is 288 g/mol. The Morgan fingerprint density at radius 1 is 1.24 bits per heavy atom. The molecule has 4 nitrogen and oxygen atoms in total. The second-order valence-electron chi connectivity index (χ2n) is 5.08. The Bertz CT molecular complexity index is 628. The lowest BCUT2D eigenvalue weighted by Gasteiger charge is -2.22. The van der Waals surface area contributed by atoms with Crippen molar-refractivity contribution in [2.24, 2.45) is 0 Å². The predicted molar refractivity (Wildman–Crippen MR) is 84.2 cm³/mol. The van der Waals surface area contributed by atoms with Crippen LogP contribution < -0.4 is 10.2 Å². The minimum atomic E-state index is -0.218. The van der Waals surface area contributed by atoms with E-state index in [1.54, 1.807) is 12.1 Å². The molecular formula is C16H21FN4. The first-order chi connectivity index (χ1) is 10.0. The fraction of sp³-hybridized carbons (Fsp3) is 0.375. The molecule has 0 saturated carbocycles. The predicted octanol–water partition coefficient (Wildman–Crippen LogP) is 3.30. The average molecular weight is 288 g/mol. The van der Waals surface area contributed by atoms with Crippen molar-refractivity contribution in [3.63, 3.8) is 0 Å². The first kappa shape index (κ1) is 15.2. The van der Waals surface area contributed by atoms with Gasteiger partial charge < -0.3 is 10.2 Å². The largest absolute Gasteiger partial charge is 0.370 e. The maximum absolute atomic E-state index is 13.3. The SMILES string of the molecule is CCNc1nc(C)nc(N(C)Cc2cccc(F)c2)c1C. The molecule has 0 aliphatic heterocycles. The van der Waals surface area contributed by atoms with Crippen molar-refractivity contribution in [2.45, 2.75) is 27.3 Å². The first-order valence-corrected chi connectivity index (χ1v) is 7.06. The lowest BCUT2D eigenvalue weighted by Crippen LogP contribution is -2.20. The molecule has 1 N–H and O–H groups in total. The molecule has 0 saturated heterocycles. The summed E-state index contributed by atoms with van der Waals surface area (Å²) in [6, 6.07) is 6.63. The zero-order valence-electron chi connectivity index (χ0n) is 12.9. The molecule has 1 aromatic carbocycles. The molecule has 0 bridgehead atoms. The molecule has 0 aliphatic rings. The maximum Gasteiger partial charge on any atom is 0.137 e. The number of nitrogens with zero attached hydrogens (tertiary/aromatic N) is 3. The first-order valence-electron chi connectivity index (χ1n) is 7.06. The van der Waals surface area contributed by atoms with Crippen molar-refractivity contribution >= 4 is 11.6 Å². The van der Waals surface area contributed by atoms with E-state index in [1.807, 2.05) is 38.8 Å². The van der Waals surface area contributed by atoms with Crippen LogP contribution in [0.3, 0.4) is 0 Å². The highest BCUT2D eigenvalue weighted by Gasteiger charge is 2.13. The highest BCUT2D eigenvalue weighted by Crippen LogP contribution is 2.23. The van der Waals surface area contributed by atoms with Gasteiger partial charge in [-0.15, -0.1) is 0 Å². The molecule has 112 valence electrons. The van der Waals surface area contributed by atoms with Crippen LogP contribution in [-0.2, 0) is 6.54 Å². The third-order valence-corrected chi connectivity index (χ3v) is 3.25. The number of benzene rings is 1. The number of hydrogen-bond donors (Lipinski definition) is 1. The van der Waals surface area contributed by atoms with Crippen LogP contribution in [0.4, 0.5) is 16.0 Å². The Labute approximate surface area is 125 Å². The van der Waals surface area contributed by atoms with Gasteiger partial charge in [-0.1, -0.05) is 12.1 Å². The molecular weight excluding hydrogens is 267 g/mol. The van der Waals surface area contributed by atoms with Gasteiger partial charge in [0.1, 0.15) is 23.3 Å². The molecule has 2 aromatic rings. The highest BCUT2D eigenvalue weighted by molar-refractivity contribution is 5.58. The number of rotatable bonds is 5. The van der Waals surface area contributed by atoms with Crippen molar-refractivity contribution in [2.75, 3.05) is 23.8 Å². The number of aryl methyl sites for hydroxylation is 1. The quantitative estimate of drug-likeness (QED) is 0.916. The second-order valence-corrected chi connectivity index (χ2v) is 5.08. The van der Waals surface area contributed by atoms with Gasteiger partial charge in [0.15, 0.2) is 0 Å². The van der Waals surface area contributed by atoms with Crippen molar-refractivity contribution in [1.82, 2.24) is 9.97 Å². The number of anilines is 2. The van der Waals surface area contributed by atoms with Crippen LogP contribution in [0, 0.1) is 19.7 Å². The Hall–Kier alpha value is -2.17. The van der Waals surface area contributed by atoms with E-state index in [0.717, 1.165) is 35.1 Å². The number of halogens is 1. The lowest BCUT2D eigenvalue weighted by atomic mass is 10.2. The van der Waals surface area contributed by atoms with Crippen molar-refractivity contribution in [3.8, 4) is 0 Å². The molecule has 2 rings (SSSR count). The van der Waals surface area contributed by atoms with Gasteiger partial charge in [-0.25, -0.2) is 14.4 Å². The van der Waals surface area contributed by atoms with E-state index in [9.17, 15) is 4.39 Å². The summed E-state index contributed by atoms with van der Waals surface area (Å²) >= 11 is 0. The lowest BCUT2D eigenvalue weighted by molar-refractivity contribution is 0.625. The summed E-state index contributed by atoms with van der Waals surface area (Å²) in [6.07, 6.45) is 0. The van der Waals surface area contributed by atoms with Gasteiger partial charge in [0.2, 0.25) is 0 Å². The van der Waals surface area contributed by atoms with Crippen LogP contribution >= 0.6 is 0 Å². The number of hydrogen-bond acceptors (Lipinski definition) is 4. The fourth-order valence-electron chi connectivity index (χ4n) is 2.31. The van der Waals surface area contributed by atoms with Gasteiger partial charge in [-0.2, -0.15) is 0 Å². The molecule has 0 atom stereocenters. The number of nitrogens with one attached hydrogen (secondary N) is 1. The van der Waals surface area contributed by atoms with E-state index in [2.05, 4.69) is 15.3 Å². The standard InChI is InChI=1S/C16H21FN4/c1-5-18-15-11(2)16(20-12(3)19-15)21(4)10-13-7-6-8-14(17)9-13/h6-9H,5,10H2,1-4H3,(H,18,19,20). The van der Waals surface area contributed by atoms with Crippen LogP contribution in [0.2, 0.25) is 0 Å². The minimum absolute atomic E-state index is 0.218. The minimum Gasteiger partial charge on any atom is -0.370 e. The van der Waals surface area contributed by atoms with E-state index in [1.165, 1.54) is 6.07 Å². The van der Waals surface area contributed by atoms with E-state index >= 15 is 0 Å². The van der Waals surface area contributed by atoms with Gasteiger partial charge in [-0.3, -0.25) is 0 Å². The fourth-order valence-corrected chi connectivity index (χ4v) is 2.31. The van der Waals surface area contributed by atoms with E-state index in [0.29, 0.717) is 6.54 Å². The zero-order chi connectivity index (χ0) is 15.4. The van der Waals surface area contributed by atoms with Gasteiger partial charge in [0.25, 0.3) is 0 Å². The van der Waals surface area contributed by atoms with Crippen LogP contribution in [0.25, 0.3) is 0 Å². The smallest absolute Gasteiger partial charge is 0.137 e. The molecule has 0 unspecified atom stereocenters. The van der Waals surface area contributed by atoms with Gasteiger partial charge in [0.05, 0.1) is 0 Å². The topological polar surface area (TPSA) is 41.1 Å². The molecule has 0 spiro atoms. The molecule has 0 aliphatic carbocycles. The molecule has 1 aromatic heterocycles. The zero-order valence-corrected chi connectivity index (χ0v) is 12.9. The molecule has 0 fully saturated rings. The van der Waals surface area contributed by atoms with Gasteiger partial charge in [-0.05, 0) is 38.5 Å². The molecule has 21 heavy (non-hydrogen) atoms. The Morgan fingerprint density at radius 3 is 2.67 bits per heavy atom. The van der Waals surface area contributed by atoms with Crippen LogP contribution in [-0.4, -0.2) is 23.6 Å². The van der Waals surface area contributed by atoms with Crippen LogP contribution in [0.1, 0.15) is 23.9 Å². The average Bonchev–Trinajstić information content (AvgIpc) is 2.42. The summed E-state index contributed by atoms with van der Waals surface area (Å²) < 4.78 is 13.3.